The average molecular weight is 590 g/mol. The predicted octanol–water partition coefficient (Wildman–Crippen LogP) is 5.36. The summed E-state index contributed by atoms with van der Waals surface area (Å²) < 4.78 is 22.2. The Labute approximate surface area is 184 Å². The zero-order valence-electron chi connectivity index (χ0n) is 14.8. The molecule has 2 aromatic heterocycles. The number of carbonyl (C=O) groups is 1. The predicted molar refractivity (Wildman–Crippen MR) is 115 cm³/mol. The molecule has 6 nitrogen and oxygen atoms in total. The molecule has 146 valence electrons. The van der Waals surface area contributed by atoms with Crippen molar-refractivity contribution < 1.29 is 13.9 Å². The van der Waals surface area contributed by atoms with Crippen molar-refractivity contribution in [1.29, 1.82) is 0 Å². The van der Waals surface area contributed by atoms with E-state index >= 15 is 0 Å². The van der Waals surface area contributed by atoms with Gasteiger partial charge in [-0.3, -0.25) is 0 Å². The number of amides is 1. The number of aromatic nitrogens is 3. The highest BCUT2D eigenvalue weighted by molar-refractivity contribution is 14.2. The number of ether oxygens (including phenoxy) is 1. The van der Waals surface area contributed by atoms with Gasteiger partial charge in [0, 0.05) is 19.0 Å². The third-order valence-electron chi connectivity index (χ3n) is 4.95. The van der Waals surface area contributed by atoms with Crippen LogP contribution in [0.25, 0.3) is 10.9 Å². The van der Waals surface area contributed by atoms with E-state index in [1.807, 2.05) is 20.8 Å². The van der Waals surface area contributed by atoms with Gasteiger partial charge in [0.15, 0.2) is 11.0 Å². The molecule has 0 bridgehead atoms. The topological polar surface area (TPSA) is 60.2 Å². The van der Waals surface area contributed by atoms with Crippen molar-refractivity contribution in [3.63, 3.8) is 0 Å². The first-order valence-corrected chi connectivity index (χ1v) is 13.6. The van der Waals surface area contributed by atoms with Crippen LogP contribution in [0.1, 0.15) is 32.4 Å². The van der Waals surface area contributed by atoms with E-state index in [-0.39, 0.29) is 23.5 Å². The first kappa shape index (κ1) is 20.0. The molecule has 2 unspecified atom stereocenters. The van der Waals surface area contributed by atoms with Gasteiger partial charge in [-0.15, -0.1) is 0 Å². The van der Waals surface area contributed by atoms with Crippen LogP contribution >= 0.6 is 55.9 Å². The molecule has 2 fully saturated rings. The number of halogens is 4. The molecular weight excluding hydrogens is 572 g/mol. The number of nitrogens with zero attached hydrogens (tertiary/aromatic N) is 4. The zero-order chi connectivity index (χ0) is 19.7. The molecule has 3 heterocycles. The van der Waals surface area contributed by atoms with Gasteiger partial charge in [0.25, 0.3) is 0 Å². The lowest BCUT2D eigenvalue weighted by Gasteiger charge is -2.25. The molecule has 1 saturated heterocycles. The van der Waals surface area contributed by atoms with Crippen LogP contribution in [-0.4, -0.2) is 44.2 Å². The minimum atomic E-state index is -0.543. The number of carbonyl (C=O) groups excluding carboxylic acids is 1. The maximum Gasteiger partial charge on any atom is 0.410 e. The lowest BCUT2D eigenvalue weighted by atomic mass is 10.1. The van der Waals surface area contributed by atoms with Gasteiger partial charge in [-0.05, 0) is 70.6 Å². The van der Waals surface area contributed by atoms with Crippen molar-refractivity contribution in [3.05, 3.63) is 21.3 Å². The number of hydrogen-bond acceptors (Lipinski definition) is 4. The fourth-order valence-electron chi connectivity index (χ4n) is 3.83. The third-order valence-corrected chi connectivity index (χ3v) is 7.62. The van der Waals surface area contributed by atoms with Crippen molar-refractivity contribution in [2.24, 2.45) is 11.8 Å². The number of hydrogen-bond donors (Lipinski definition) is 0. The molecule has 2 aromatic rings. The largest absolute Gasteiger partial charge is 0.444 e. The van der Waals surface area contributed by atoms with Gasteiger partial charge in [0.05, 0.1) is 17.5 Å². The Morgan fingerprint density at radius 3 is 2.59 bits per heavy atom. The monoisotopic (exact) mass is 588 g/mol. The van der Waals surface area contributed by atoms with E-state index < -0.39 is 11.4 Å². The second-order valence-corrected chi connectivity index (χ2v) is 11.0. The average Bonchev–Trinajstić information content (AvgIpc) is 2.95. The highest BCUT2D eigenvalue weighted by Crippen LogP contribution is 2.60. The Kier molecular flexibility index (Phi) is 5.13. The smallest absolute Gasteiger partial charge is 0.410 e. The van der Waals surface area contributed by atoms with Gasteiger partial charge in [0.1, 0.15) is 15.7 Å². The van der Waals surface area contributed by atoms with Gasteiger partial charge in [-0.1, -0.05) is 11.6 Å². The van der Waals surface area contributed by atoms with Crippen molar-refractivity contribution in [3.8, 4) is 0 Å². The van der Waals surface area contributed by atoms with E-state index in [4.69, 9.17) is 16.3 Å². The summed E-state index contributed by atoms with van der Waals surface area (Å²) in [7, 11) is 0. The second kappa shape index (κ2) is 6.92. The molecule has 4 atom stereocenters. The molecule has 11 heteroatoms. The van der Waals surface area contributed by atoms with E-state index in [1.165, 1.54) is 0 Å². The molecule has 1 aliphatic heterocycles. The van der Waals surface area contributed by atoms with Crippen molar-refractivity contribution in [2.75, 3.05) is 13.1 Å². The third kappa shape index (κ3) is 3.46. The zero-order valence-corrected chi connectivity index (χ0v) is 20.3. The molecule has 1 saturated carbocycles. The molecule has 1 aliphatic carbocycles. The van der Waals surface area contributed by atoms with Gasteiger partial charge in [-0.25, -0.2) is 18.6 Å². The van der Waals surface area contributed by atoms with E-state index in [2.05, 4.69) is 48.1 Å². The van der Waals surface area contributed by atoms with Crippen LogP contribution in [-0.2, 0) is 4.74 Å². The molecule has 1 amide bonds. The minimum absolute atomic E-state index is 0.163. The summed E-state index contributed by atoms with van der Waals surface area (Å²) in [6.45, 7) is 6.84. The Hall–Kier alpha value is -0.250. The fraction of sp³-hybridized carbons (Fsp3) is 0.562. The van der Waals surface area contributed by atoms with Crippen LogP contribution in [0.4, 0.5) is 9.18 Å². The van der Waals surface area contributed by atoms with Crippen LogP contribution in [0.5, 0.6) is 0 Å². The fourth-order valence-corrected chi connectivity index (χ4v) is 6.16. The first-order valence-electron chi connectivity index (χ1n) is 8.40. The summed E-state index contributed by atoms with van der Waals surface area (Å²) in [6, 6.07) is 0. The maximum atomic E-state index is 14.6. The summed E-state index contributed by atoms with van der Waals surface area (Å²) >= 11 is 11.5. The van der Waals surface area contributed by atoms with E-state index in [0.29, 0.717) is 40.4 Å². The van der Waals surface area contributed by atoms with Crippen LogP contribution in [0.2, 0.25) is 5.15 Å². The quantitative estimate of drug-likeness (QED) is 0.269. The molecule has 0 aromatic carbocycles. The van der Waals surface area contributed by atoms with E-state index in [1.54, 1.807) is 9.35 Å². The number of fused-ring (bicyclic) bond motifs is 2. The van der Waals surface area contributed by atoms with Crippen molar-refractivity contribution >= 4 is 72.9 Å². The van der Waals surface area contributed by atoms with Gasteiger partial charge >= 0.3 is 6.09 Å². The molecule has 4 rings (SSSR count). The number of pyridine rings is 1. The molecule has 2 aliphatic rings. The number of rotatable bonds is 2. The van der Waals surface area contributed by atoms with Crippen LogP contribution < -0.4 is 0 Å². The Morgan fingerprint density at radius 2 is 2.04 bits per heavy atom. The standard InChI is InChI=1S/C16H17BrClFIN4O2P/c1-16(2,3)26-15(25)23-4-6-7(5-23)8(6)11-9-12(24(22-11)27-20)10(19)14(18)21-13(9)17/h6-8,27H,4-5H2,1-3H3/t6-,7+,8?. The Morgan fingerprint density at radius 1 is 1.41 bits per heavy atom. The van der Waals surface area contributed by atoms with Crippen molar-refractivity contribution in [1.82, 2.24) is 19.4 Å². The van der Waals surface area contributed by atoms with E-state index in [9.17, 15) is 9.18 Å². The summed E-state index contributed by atoms with van der Waals surface area (Å²) in [6.07, 6.45) is -0.0339. The highest BCUT2D eigenvalue weighted by Gasteiger charge is 2.59. The van der Waals surface area contributed by atoms with Crippen LogP contribution in [0, 0.1) is 17.7 Å². The second-order valence-electron chi connectivity index (χ2n) is 7.85. The Bertz CT molecular complexity index is 941. The molecular formula is C16H17BrClFIN4O2P. The summed E-state index contributed by atoms with van der Waals surface area (Å²) in [4.78, 5) is 18.1. The maximum absolute atomic E-state index is 14.6. The molecule has 0 spiro atoms. The van der Waals surface area contributed by atoms with Crippen LogP contribution in [0.15, 0.2) is 4.60 Å². The minimum Gasteiger partial charge on any atom is -0.444 e. The first-order chi connectivity index (χ1) is 12.6. The highest BCUT2D eigenvalue weighted by atomic mass is 127. The summed E-state index contributed by atoms with van der Waals surface area (Å²) in [5.41, 5.74) is 0.716. The normalized spacial score (nSPS) is 24.9. The van der Waals surface area contributed by atoms with Crippen LogP contribution in [0.3, 0.4) is 0 Å². The number of piperidine rings is 1. The van der Waals surface area contributed by atoms with Gasteiger partial charge < -0.3 is 9.64 Å². The summed E-state index contributed by atoms with van der Waals surface area (Å²) in [5.74, 6) is 0.275. The van der Waals surface area contributed by atoms with Gasteiger partial charge in [0.2, 0.25) is 0 Å². The lowest BCUT2D eigenvalue weighted by Crippen LogP contribution is -2.36. The molecule has 27 heavy (non-hydrogen) atoms. The lowest BCUT2D eigenvalue weighted by molar-refractivity contribution is 0.0271. The SMILES string of the molecule is CC(C)(C)OC(=O)N1C[C@@H]2C(c3nn(PI)c4c(F)c(Cl)nc(Br)c34)[C@@H]2C1. The Balaban J connectivity index is 1.61. The van der Waals surface area contributed by atoms with E-state index in [0.717, 1.165) is 5.69 Å². The number of likely N-dealkylation sites (tertiary alicyclic amines) is 1. The summed E-state index contributed by atoms with van der Waals surface area (Å²) in [5, 5.41) is 5.18. The molecule has 0 radical (unpaired) electrons. The van der Waals surface area contributed by atoms with Gasteiger partial charge in [-0.2, -0.15) is 5.10 Å². The van der Waals surface area contributed by atoms with Crippen molar-refractivity contribution in [2.45, 2.75) is 32.3 Å². The molecule has 0 N–H and O–H groups in total.